The van der Waals surface area contributed by atoms with Gasteiger partial charge in [-0.15, -0.1) is 5.10 Å². The van der Waals surface area contributed by atoms with Crippen LogP contribution in [0.5, 0.6) is 5.75 Å². The number of ether oxygens (including phenoxy) is 2. The monoisotopic (exact) mass is 387 g/mol. The van der Waals surface area contributed by atoms with E-state index in [-0.39, 0.29) is 17.9 Å². The molecule has 9 heteroatoms. The van der Waals surface area contributed by atoms with Crippen LogP contribution in [0, 0.1) is 0 Å². The van der Waals surface area contributed by atoms with Gasteiger partial charge in [0.05, 0.1) is 26.0 Å². The third-order valence-electron chi connectivity index (χ3n) is 4.56. The Morgan fingerprint density at radius 3 is 2.71 bits per heavy atom. The Hall–Kier alpha value is -2.94. The molecular formula is C19H25N5O4. The highest BCUT2D eigenvalue weighted by molar-refractivity contribution is 6.02. The molecule has 2 N–H and O–H groups in total. The number of hydrogen-bond donors (Lipinski definition) is 2. The SMILES string of the molecule is COC(=O)CCCOc1ccc(NC(=O)c2cn(C3CCNCC3)nn2)cc1. The van der Waals surface area contributed by atoms with Gasteiger partial charge in [0.15, 0.2) is 5.69 Å². The van der Waals surface area contributed by atoms with Gasteiger partial charge in [-0.3, -0.25) is 9.59 Å². The summed E-state index contributed by atoms with van der Waals surface area (Å²) in [5.74, 6) is 0.116. The Morgan fingerprint density at radius 2 is 2.00 bits per heavy atom. The predicted octanol–water partition coefficient (Wildman–Crippen LogP) is 1.79. The molecule has 2 heterocycles. The molecule has 1 amide bonds. The van der Waals surface area contributed by atoms with E-state index in [1.54, 1.807) is 35.1 Å². The van der Waals surface area contributed by atoms with Crippen LogP contribution in [0.3, 0.4) is 0 Å². The van der Waals surface area contributed by atoms with Crippen LogP contribution in [0.2, 0.25) is 0 Å². The maximum absolute atomic E-state index is 12.4. The van der Waals surface area contributed by atoms with Gasteiger partial charge >= 0.3 is 5.97 Å². The number of esters is 1. The zero-order valence-corrected chi connectivity index (χ0v) is 15.9. The van der Waals surface area contributed by atoms with Crippen molar-refractivity contribution in [3.05, 3.63) is 36.2 Å². The van der Waals surface area contributed by atoms with E-state index in [1.807, 2.05) is 0 Å². The Bertz CT molecular complexity index is 784. The van der Waals surface area contributed by atoms with Crippen molar-refractivity contribution in [2.75, 3.05) is 32.1 Å². The van der Waals surface area contributed by atoms with Gasteiger partial charge in [0.2, 0.25) is 0 Å². The van der Waals surface area contributed by atoms with Crippen molar-refractivity contribution in [2.45, 2.75) is 31.7 Å². The molecule has 0 bridgehead atoms. The molecule has 1 aromatic heterocycles. The van der Waals surface area contributed by atoms with Crippen molar-refractivity contribution in [1.82, 2.24) is 20.3 Å². The molecule has 1 saturated heterocycles. The highest BCUT2D eigenvalue weighted by atomic mass is 16.5. The van der Waals surface area contributed by atoms with Gasteiger partial charge in [-0.25, -0.2) is 4.68 Å². The van der Waals surface area contributed by atoms with Gasteiger partial charge < -0.3 is 20.1 Å². The quantitative estimate of drug-likeness (QED) is 0.525. The number of rotatable bonds is 8. The first-order valence-corrected chi connectivity index (χ1v) is 9.39. The van der Waals surface area contributed by atoms with Crippen LogP contribution in [0.15, 0.2) is 30.5 Å². The standard InChI is InChI=1S/C19H25N5O4/c1-27-18(25)3-2-12-28-16-6-4-14(5-7-16)21-19(26)17-13-24(23-22-17)15-8-10-20-11-9-15/h4-7,13,15,20H,2-3,8-12H2,1H3,(H,21,26). The third-order valence-corrected chi connectivity index (χ3v) is 4.56. The summed E-state index contributed by atoms with van der Waals surface area (Å²) < 4.78 is 11.9. The molecule has 28 heavy (non-hydrogen) atoms. The molecule has 1 aliphatic rings. The first kappa shape index (κ1) is 19.8. The van der Waals surface area contributed by atoms with Crippen molar-refractivity contribution in [1.29, 1.82) is 0 Å². The summed E-state index contributed by atoms with van der Waals surface area (Å²) >= 11 is 0. The molecule has 2 aromatic rings. The molecular weight excluding hydrogens is 362 g/mol. The molecule has 1 aromatic carbocycles. The van der Waals surface area contributed by atoms with Crippen molar-refractivity contribution >= 4 is 17.6 Å². The van der Waals surface area contributed by atoms with Crippen LogP contribution < -0.4 is 15.4 Å². The average molecular weight is 387 g/mol. The molecule has 0 aliphatic carbocycles. The number of piperidine rings is 1. The number of nitrogens with one attached hydrogen (secondary N) is 2. The first-order valence-electron chi connectivity index (χ1n) is 9.39. The highest BCUT2D eigenvalue weighted by Crippen LogP contribution is 2.19. The van der Waals surface area contributed by atoms with Crippen LogP contribution >= 0.6 is 0 Å². The molecule has 1 fully saturated rings. The van der Waals surface area contributed by atoms with Gasteiger partial charge in [-0.1, -0.05) is 5.21 Å². The van der Waals surface area contributed by atoms with Gasteiger partial charge in [0, 0.05) is 12.1 Å². The number of methoxy groups -OCH3 is 1. The predicted molar refractivity (Wildman–Crippen MR) is 102 cm³/mol. The topological polar surface area (TPSA) is 107 Å². The summed E-state index contributed by atoms with van der Waals surface area (Å²) in [6.45, 7) is 2.31. The second-order valence-electron chi connectivity index (χ2n) is 6.57. The van der Waals surface area contributed by atoms with E-state index in [0.29, 0.717) is 36.6 Å². The Morgan fingerprint density at radius 1 is 1.25 bits per heavy atom. The number of anilines is 1. The fourth-order valence-corrected chi connectivity index (χ4v) is 2.97. The van der Waals surface area contributed by atoms with Crippen molar-refractivity contribution in [2.24, 2.45) is 0 Å². The number of benzene rings is 1. The molecule has 150 valence electrons. The molecule has 1 aliphatic heterocycles. The smallest absolute Gasteiger partial charge is 0.305 e. The van der Waals surface area contributed by atoms with Gasteiger partial charge in [-0.2, -0.15) is 0 Å². The summed E-state index contributed by atoms with van der Waals surface area (Å²) in [5.41, 5.74) is 0.935. The van der Waals surface area contributed by atoms with Gasteiger partial charge in [-0.05, 0) is 56.6 Å². The Balaban J connectivity index is 1.47. The number of hydrogen-bond acceptors (Lipinski definition) is 7. The highest BCUT2D eigenvalue weighted by Gasteiger charge is 2.18. The first-order chi connectivity index (χ1) is 13.7. The number of carbonyl (C=O) groups is 2. The van der Waals surface area contributed by atoms with E-state index in [0.717, 1.165) is 25.9 Å². The van der Waals surface area contributed by atoms with E-state index >= 15 is 0 Å². The van der Waals surface area contributed by atoms with Gasteiger partial charge in [0.25, 0.3) is 5.91 Å². The fraction of sp³-hybridized carbons (Fsp3) is 0.474. The lowest BCUT2D eigenvalue weighted by Crippen LogP contribution is -2.29. The normalized spacial score (nSPS) is 14.5. The van der Waals surface area contributed by atoms with Crippen molar-refractivity contribution in [3.8, 4) is 5.75 Å². The van der Waals surface area contributed by atoms with Crippen LogP contribution in [0.1, 0.15) is 42.2 Å². The van der Waals surface area contributed by atoms with E-state index in [9.17, 15) is 9.59 Å². The lowest BCUT2D eigenvalue weighted by Gasteiger charge is -2.22. The number of nitrogens with zero attached hydrogens (tertiary/aromatic N) is 3. The summed E-state index contributed by atoms with van der Waals surface area (Å²) in [6, 6.07) is 7.32. The molecule has 0 spiro atoms. The van der Waals surface area contributed by atoms with Crippen molar-refractivity contribution in [3.63, 3.8) is 0 Å². The minimum Gasteiger partial charge on any atom is -0.494 e. The third kappa shape index (κ3) is 5.53. The van der Waals surface area contributed by atoms with E-state index in [4.69, 9.17) is 4.74 Å². The number of amides is 1. The molecule has 9 nitrogen and oxygen atoms in total. The zero-order valence-electron chi connectivity index (χ0n) is 15.9. The van der Waals surface area contributed by atoms with Crippen LogP contribution in [-0.2, 0) is 9.53 Å². The van der Waals surface area contributed by atoms with Crippen LogP contribution in [-0.4, -0.2) is 53.7 Å². The number of carbonyl (C=O) groups excluding carboxylic acids is 2. The van der Waals surface area contributed by atoms with E-state index < -0.39 is 0 Å². The Kier molecular flexibility index (Phi) is 6.96. The van der Waals surface area contributed by atoms with E-state index in [2.05, 4.69) is 25.7 Å². The lowest BCUT2D eigenvalue weighted by atomic mass is 10.1. The molecule has 0 unspecified atom stereocenters. The maximum atomic E-state index is 12.4. The summed E-state index contributed by atoms with van der Waals surface area (Å²) in [4.78, 5) is 23.4. The molecule has 0 radical (unpaired) electrons. The van der Waals surface area contributed by atoms with Crippen LogP contribution in [0.25, 0.3) is 0 Å². The van der Waals surface area contributed by atoms with Gasteiger partial charge in [0.1, 0.15) is 5.75 Å². The minimum atomic E-state index is -0.299. The minimum absolute atomic E-state index is 0.251. The largest absolute Gasteiger partial charge is 0.494 e. The zero-order chi connectivity index (χ0) is 19.8. The van der Waals surface area contributed by atoms with Crippen LogP contribution in [0.4, 0.5) is 5.69 Å². The second-order valence-corrected chi connectivity index (χ2v) is 6.57. The fourth-order valence-electron chi connectivity index (χ4n) is 2.97. The molecule has 0 saturated carbocycles. The Labute approximate surface area is 163 Å². The summed E-state index contributed by atoms with van der Waals surface area (Å²) in [7, 11) is 1.37. The lowest BCUT2D eigenvalue weighted by molar-refractivity contribution is -0.140. The van der Waals surface area contributed by atoms with Crippen molar-refractivity contribution < 1.29 is 19.1 Å². The summed E-state index contributed by atoms with van der Waals surface area (Å²) in [5, 5.41) is 14.2. The molecule has 0 atom stereocenters. The number of aromatic nitrogens is 3. The molecule has 3 rings (SSSR count). The maximum Gasteiger partial charge on any atom is 0.305 e. The second kappa shape index (κ2) is 9.84. The summed E-state index contributed by atoms with van der Waals surface area (Å²) in [6.07, 6.45) is 4.56. The van der Waals surface area contributed by atoms with E-state index in [1.165, 1.54) is 7.11 Å². The average Bonchev–Trinajstić information content (AvgIpc) is 3.23.